The van der Waals surface area contributed by atoms with Gasteiger partial charge in [0.25, 0.3) is 0 Å². The van der Waals surface area contributed by atoms with Crippen molar-refractivity contribution < 1.29 is 0 Å². The van der Waals surface area contributed by atoms with Crippen LogP contribution in [0.4, 0.5) is 0 Å². The van der Waals surface area contributed by atoms with Gasteiger partial charge in [-0.2, -0.15) is 0 Å². The number of likely N-dealkylation sites (N-methyl/N-ethyl adjacent to an activating group) is 2. The molecule has 0 aliphatic heterocycles. The third-order valence-corrected chi connectivity index (χ3v) is 3.92. The van der Waals surface area contributed by atoms with E-state index in [-0.39, 0.29) is 0 Å². The highest BCUT2D eigenvalue weighted by Gasteiger charge is 2.27. The van der Waals surface area contributed by atoms with E-state index in [1.165, 1.54) is 19.4 Å². The fourth-order valence-corrected chi connectivity index (χ4v) is 2.22. The second kappa shape index (κ2) is 8.89. The fraction of sp³-hybridized carbons (Fsp3) is 1.00. The molecule has 1 N–H and O–H groups in total. The number of nitrogens with zero attached hydrogens (tertiary/aromatic N) is 2. The lowest BCUT2D eigenvalue weighted by Crippen LogP contribution is -2.45. The van der Waals surface area contributed by atoms with Crippen molar-refractivity contribution in [2.24, 2.45) is 5.41 Å². The summed E-state index contributed by atoms with van der Waals surface area (Å²) in [6.45, 7) is 13.7. The second-order valence-electron chi connectivity index (χ2n) is 6.28. The molecule has 0 unspecified atom stereocenters. The zero-order valence-electron chi connectivity index (χ0n) is 13.7. The maximum atomic E-state index is 3.62. The van der Waals surface area contributed by atoms with Crippen LogP contribution >= 0.6 is 0 Å². The van der Waals surface area contributed by atoms with Gasteiger partial charge in [0, 0.05) is 32.2 Å². The number of hydrogen-bond donors (Lipinski definition) is 1. The van der Waals surface area contributed by atoms with Crippen LogP contribution in [0, 0.1) is 5.41 Å². The van der Waals surface area contributed by atoms with Crippen molar-refractivity contribution in [3.05, 3.63) is 0 Å². The Morgan fingerprint density at radius 3 is 1.94 bits per heavy atom. The topological polar surface area (TPSA) is 18.5 Å². The van der Waals surface area contributed by atoms with E-state index in [4.69, 9.17) is 0 Å². The molecule has 0 rings (SSSR count). The van der Waals surface area contributed by atoms with Gasteiger partial charge >= 0.3 is 0 Å². The summed E-state index contributed by atoms with van der Waals surface area (Å²) in [7, 11) is 6.53. The van der Waals surface area contributed by atoms with Gasteiger partial charge in [0.2, 0.25) is 0 Å². The minimum Gasteiger partial charge on any atom is -0.314 e. The van der Waals surface area contributed by atoms with E-state index in [1.54, 1.807) is 0 Å². The third-order valence-electron chi connectivity index (χ3n) is 3.92. The van der Waals surface area contributed by atoms with Crippen LogP contribution in [0.5, 0.6) is 0 Å². The van der Waals surface area contributed by atoms with Crippen molar-refractivity contribution in [3.8, 4) is 0 Å². The van der Waals surface area contributed by atoms with Crippen LogP contribution in [0.2, 0.25) is 0 Å². The first-order valence-electron chi connectivity index (χ1n) is 7.42. The molecule has 0 aromatic carbocycles. The van der Waals surface area contributed by atoms with Crippen LogP contribution in [-0.4, -0.2) is 63.2 Å². The van der Waals surface area contributed by atoms with E-state index in [1.807, 2.05) is 0 Å². The molecular formula is C15H35N3. The normalized spacial score (nSPS) is 13.0. The third kappa shape index (κ3) is 7.34. The van der Waals surface area contributed by atoms with E-state index in [9.17, 15) is 0 Å². The van der Waals surface area contributed by atoms with Crippen molar-refractivity contribution in [1.29, 1.82) is 0 Å². The molecule has 0 aliphatic carbocycles. The summed E-state index contributed by atoms with van der Waals surface area (Å²) >= 11 is 0. The largest absolute Gasteiger partial charge is 0.314 e. The first kappa shape index (κ1) is 17.9. The highest BCUT2D eigenvalue weighted by Crippen LogP contribution is 2.26. The van der Waals surface area contributed by atoms with Gasteiger partial charge in [-0.05, 0) is 39.4 Å². The van der Waals surface area contributed by atoms with Gasteiger partial charge in [-0.25, -0.2) is 0 Å². The van der Waals surface area contributed by atoms with Crippen LogP contribution in [-0.2, 0) is 0 Å². The Labute approximate surface area is 115 Å². The molecular weight excluding hydrogens is 222 g/mol. The number of hydrogen-bond acceptors (Lipinski definition) is 3. The zero-order valence-corrected chi connectivity index (χ0v) is 13.7. The zero-order chi connectivity index (χ0) is 14.2. The lowest BCUT2D eigenvalue weighted by atomic mass is 9.81. The minimum absolute atomic E-state index is 0.422. The highest BCUT2D eigenvalue weighted by molar-refractivity contribution is 4.83. The van der Waals surface area contributed by atoms with Crippen LogP contribution < -0.4 is 5.32 Å². The lowest BCUT2D eigenvalue weighted by Gasteiger charge is -2.37. The summed E-state index contributed by atoms with van der Waals surface area (Å²) in [5, 5.41) is 3.62. The molecule has 0 atom stereocenters. The Morgan fingerprint density at radius 2 is 1.56 bits per heavy atom. The summed E-state index contributed by atoms with van der Waals surface area (Å²) in [6, 6.07) is 0.578. The maximum absolute atomic E-state index is 3.62. The standard InChI is InChI=1S/C15H35N3/c1-8-15(9-2,12-16-14(3)4)13-18(7)11-10-17(5)6/h14,16H,8-13H2,1-7H3. The van der Waals surface area contributed by atoms with Gasteiger partial charge in [-0.15, -0.1) is 0 Å². The van der Waals surface area contributed by atoms with E-state index < -0.39 is 0 Å². The molecule has 0 aromatic rings. The first-order chi connectivity index (χ1) is 8.35. The molecule has 18 heavy (non-hydrogen) atoms. The summed E-state index contributed by atoms with van der Waals surface area (Å²) in [5.74, 6) is 0. The SMILES string of the molecule is CCC(CC)(CNC(C)C)CN(C)CCN(C)C. The van der Waals surface area contributed by atoms with Gasteiger partial charge in [-0.1, -0.05) is 27.7 Å². The molecule has 0 aliphatic rings. The van der Waals surface area contributed by atoms with E-state index in [0.717, 1.165) is 19.6 Å². The lowest BCUT2D eigenvalue weighted by molar-refractivity contribution is 0.145. The Kier molecular flexibility index (Phi) is 8.83. The van der Waals surface area contributed by atoms with Gasteiger partial charge < -0.3 is 15.1 Å². The molecule has 0 amide bonds. The summed E-state index contributed by atoms with van der Waals surface area (Å²) in [5.41, 5.74) is 0.422. The monoisotopic (exact) mass is 257 g/mol. The summed E-state index contributed by atoms with van der Waals surface area (Å²) < 4.78 is 0. The average Bonchev–Trinajstić information content (AvgIpc) is 2.32. The van der Waals surface area contributed by atoms with Gasteiger partial charge in [0.1, 0.15) is 0 Å². The second-order valence-corrected chi connectivity index (χ2v) is 6.28. The van der Waals surface area contributed by atoms with Crippen LogP contribution in [0.25, 0.3) is 0 Å². The van der Waals surface area contributed by atoms with Crippen molar-refractivity contribution in [2.75, 3.05) is 47.3 Å². The van der Waals surface area contributed by atoms with Crippen molar-refractivity contribution >= 4 is 0 Å². The molecule has 0 aromatic heterocycles. The van der Waals surface area contributed by atoms with Gasteiger partial charge in [0.05, 0.1) is 0 Å². The van der Waals surface area contributed by atoms with Gasteiger partial charge in [0.15, 0.2) is 0 Å². The van der Waals surface area contributed by atoms with E-state index >= 15 is 0 Å². The Bertz CT molecular complexity index is 198. The molecule has 0 saturated heterocycles. The van der Waals surface area contributed by atoms with E-state index in [0.29, 0.717) is 11.5 Å². The molecule has 3 heteroatoms. The average molecular weight is 257 g/mol. The summed E-state index contributed by atoms with van der Waals surface area (Å²) in [4.78, 5) is 4.73. The predicted octanol–water partition coefficient (Wildman–Crippen LogP) is 2.28. The van der Waals surface area contributed by atoms with Crippen LogP contribution in [0.1, 0.15) is 40.5 Å². The van der Waals surface area contributed by atoms with Crippen LogP contribution in [0.15, 0.2) is 0 Å². The molecule has 0 radical (unpaired) electrons. The van der Waals surface area contributed by atoms with Crippen LogP contribution in [0.3, 0.4) is 0 Å². The van der Waals surface area contributed by atoms with Crippen molar-refractivity contribution in [3.63, 3.8) is 0 Å². The highest BCUT2D eigenvalue weighted by atomic mass is 15.2. The maximum Gasteiger partial charge on any atom is 0.0106 e. The van der Waals surface area contributed by atoms with E-state index in [2.05, 4.69) is 64.0 Å². The number of nitrogens with one attached hydrogen (secondary N) is 1. The molecule has 3 nitrogen and oxygen atoms in total. The molecule has 0 bridgehead atoms. The minimum atomic E-state index is 0.422. The molecule has 0 saturated carbocycles. The predicted molar refractivity (Wildman–Crippen MR) is 82.2 cm³/mol. The smallest absolute Gasteiger partial charge is 0.0106 e. The molecule has 0 fully saturated rings. The molecule has 0 spiro atoms. The van der Waals surface area contributed by atoms with Crippen molar-refractivity contribution in [2.45, 2.75) is 46.6 Å². The fourth-order valence-electron chi connectivity index (χ4n) is 2.22. The Morgan fingerprint density at radius 1 is 1.00 bits per heavy atom. The first-order valence-corrected chi connectivity index (χ1v) is 7.42. The Balaban J connectivity index is 4.30. The summed E-state index contributed by atoms with van der Waals surface area (Å²) in [6.07, 6.45) is 2.49. The molecule has 110 valence electrons. The quantitative estimate of drug-likeness (QED) is 0.648. The van der Waals surface area contributed by atoms with Gasteiger partial charge in [-0.3, -0.25) is 0 Å². The Hall–Kier alpha value is -0.120. The number of rotatable bonds is 10. The molecule has 0 heterocycles. The van der Waals surface area contributed by atoms with Crippen molar-refractivity contribution in [1.82, 2.24) is 15.1 Å².